The Balaban J connectivity index is 1.98. The molecule has 0 saturated heterocycles. The van der Waals surface area contributed by atoms with Crippen molar-refractivity contribution < 1.29 is 4.79 Å². The summed E-state index contributed by atoms with van der Waals surface area (Å²) in [7, 11) is 0. The van der Waals surface area contributed by atoms with Crippen LogP contribution >= 0.6 is 23.2 Å². The third kappa shape index (κ3) is 3.16. The van der Waals surface area contributed by atoms with Crippen LogP contribution in [0.3, 0.4) is 0 Å². The lowest BCUT2D eigenvalue weighted by molar-refractivity contribution is 0.102. The fourth-order valence-corrected chi connectivity index (χ4v) is 2.89. The molecule has 3 rings (SSSR count). The number of halogens is 2. The van der Waals surface area contributed by atoms with Crippen molar-refractivity contribution in [3.8, 4) is 5.69 Å². The first-order chi connectivity index (χ1) is 11.5. The summed E-state index contributed by atoms with van der Waals surface area (Å²) in [5.41, 5.74) is 3.65. The number of hydrogen-bond acceptors (Lipinski definition) is 2. The Morgan fingerprint density at radius 1 is 1.08 bits per heavy atom. The van der Waals surface area contributed by atoms with E-state index in [1.54, 1.807) is 22.9 Å². The molecular weight excluding hydrogens is 345 g/mol. The van der Waals surface area contributed by atoms with Crippen LogP contribution in [0.15, 0.2) is 48.5 Å². The van der Waals surface area contributed by atoms with Gasteiger partial charge in [-0.1, -0.05) is 41.4 Å². The minimum Gasteiger partial charge on any atom is -0.320 e. The van der Waals surface area contributed by atoms with Crippen molar-refractivity contribution >= 4 is 34.8 Å². The van der Waals surface area contributed by atoms with Crippen LogP contribution in [0.25, 0.3) is 5.69 Å². The Hall–Kier alpha value is -2.30. The Bertz CT molecular complexity index is 918. The molecule has 0 aliphatic carbocycles. The molecule has 1 amide bonds. The first-order valence-electron chi connectivity index (χ1n) is 7.35. The van der Waals surface area contributed by atoms with Gasteiger partial charge in [0, 0.05) is 5.69 Å². The molecule has 4 nitrogen and oxygen atoms in total. The second kappa shape index (κ2) is 6.67. The summed E-state index contributed by atoms with van der Waals surface area (Å²) in [6, 6.07) is 14.4. The second-order valence-corrected chi connectivity index (χ2v) is 6.20. The topological polar surface area (TPSA) is 46.9 Å². The molecule has 1 aromatic heterocycles. The average Bonchev–Trinajstić information content (AvgIpc) is 2.89. The van der Waals surface area contributed by atoms with Gasteiger partial charge in [-0.15, -0.1) is 0 Å². The van der Waals surface area contributed by atoms with Gasteiger partial charge in [0.05, 0.1) is 32.7 Å². The summed E-state index contributed by atoms with van der Waals surface area (Å²) in [4.78, 5) is 12.6. The van der Waals surface area contributed by atoms with E-state index in [4.69, 9.17) is 23.2 Å². The Labute approximate surface area is 150 Å². The highest BCUT2D eigenvalue weighted by molar-refractivity contribution is 6.44. The van der Waals surface area contributed by atoms with Crippen LogP contribution < -0.4 is 5.32 Å². The van der Waals surface area contributed by atoms with E-state index < -0.39 is 0 Å². The van der Waals surface area contributed by atoms with E-state index in [0.717, 1.165) is 17.1 Å². The quantitative estimate of drug-likeness (QED) is 0.711. The summed E-state index contributed by atoms with van der Waals surface area (Å²) in [6.07, 6.45) is 0. The summed E-state index contributed by atoms with van der Waals surface area (Å²) >= 11 is 12.1. The number of para-hydroxylation sites is 2. The fourth-order valence-electron chi connectivity index (χ4n) is 2.51. The van der Waals surface area contributed by atoms with Crippen LogP contribution in [0.5, 0.6) is 0 Å². The van der Waals surface area contributed by atoms with Gasteiger partial charge in [-0.2, -0.15) is 5.10 Å². The molecular formula is C18H15Cl2N3O. The molecule has 6 heteroatoms. The lowest BCUT2D eigenvalue weighted by atomic mass is 10.2. The van der Waals surface area contributed by atoms with Gasteiger partial charge in [-0.3, -0.25) is 4.79 Å². The van der Waals surface area contributed by atoms with Gasteiger partial charge in [0.1, 0.15) is 0 Å². The van der Waals surface area contributed by atoms with Gasteiger partial charge in [0.25, 0.3) is 5.91 Å². The third-order valence-corrected chi connectivity index (χ3v) is 4.41. The Kier molecular flexibility index (Phi) is 4.60. The molecule has 0 aliphatic rings. The van der Waals surface area contributed by atoms with E-state index in [9.17, 15) is 4.79 Å². The number of anilines is 1. The maximum atomic E-state index is 12.6. The monoisotopic (exact) mass is 359 g/mol. The van der Waals surface area contributed by atoms with Gasteiger partial charge in [-0.05, 0) is 44.2 Å². The van der Waals surface area contributed by atoms with Gasteiger partial charge in [-0.25, -0.2) is 4.68 Å². The van der Waals surface area contributed by atoms with Crippen LogP contribution in [-0.2, 0) is 0 Å². The minimum absolute atomic E-state index is 0.236. The summed E-state index contributed by atoms with van der Waals surface area (Å²) in [6.45, 7) is 3.89. The maximum absolute atomic E-state index is 12.6. The van der Waals surface area contributed by atoms with E-state index in [0.29, 0.717) is 16.3 Å². The maximum Gasteiger partial charge on any atom is 0.257 e. The number of nitrogens with one attached hydrogen (secondary N) is 1. The molecule has 0 aliphatic heterocycles. The van der Waals surface area contributed by atoms with Crippen molar-refractivity contribution in [1.82, 2.24) is 9.78 Å². The highest BCUT2D eigenvalue weighted by Gasteiger charge is 2.15. The number of rotatable bonds is 3. The number of carbonyl (C=O) groups excluding carboxylic acids is 1. The lowest BCUT2D eigenvalue weighted by Crippen LogP contribution is -2.15. The molecule has 0 spiro atoms. The number of benzene rings is 2. The molecule has 0 atom stereocenters. The normalized spacial score (nSPS) is 10.7. The smallest absolute Gasteiger partial charge is 0.257 e. The molecule has 122 valence electrons. The summed E-state index contributed by atoms with van der Waals surface area (Å²) in [5, 5.41) is 7.94. The van der Waals surface area contributed by atoms with E-state index in [2.05, 4.69) is 10.4 Å². The average molecular weight is 360 g/mol. The second-order valence-electron chi connectivity index (χ2n) is 5.41. The van der Waals surface area contributed by atoms with Crippen molar-refractivity contribution in [2.24, 2.45) is 0 Å². The van der Waals surface area contributed by atoms with E-state index in [-0.39, 0.29) is 10.9 Å². The SMILES string of the molecule is Cc1cc(C)n(-c2ccccc2NC(=O)c2cccc(Cl)c2Cl)n1. The third-order valence-electron chi connectivity index (χ3n) is 3.59. The van der Waals surface area contributed by atoms with Crippen LogP contribution in [0.4, 0.5) is 5.69 Å². The molecule has 0 unspecified atom stereocenters. The van der Waals surface area contributed by atoms with Gasteiger partial charge < -0.3 is 5.32 Å². The van der Waals surface area contributed by atoms with Crippen LogP contribution in [0.1, 0.15) is 21.7 Å². The Morgan fingerprint density at radius 2 is 1.83 bits per heavy atom. The Morgan fingerprint density at radius 3 is 2.54 bits per heavy atom. The largest absolute Gasteiger partial charge is 0.320 e. The molecule has 1 heterocycles. The molecule has 0 bridgehead atoms. The standard InChI is InChI=1S/C18H15Cl2N3O/c1-11-10-12(2)23(22-11)16-9-4-3-8-15(16)21-18(24)13-6-5-7-14(19)17(13)20/h3-10H,1-2H3,(H,21,24). The first-order valence-corrected chi connectivity index (χ1v) is 8.11. The van der Waals surface area contributed by atoms with Gasteiger partial charge >= 0.3 is 0 Å². The van der Waals surface area contributed by atoms with Crippen LogP contribution in [-0.4, -0.2) is 15.7 Å². The molecule has 0 saturated carbocycles. The number of carbonyl (C=O) groups is 1. The molecule has 2 aromatic carbocycles. The predicted octanol–water partition coefficient (Wildman–Crippen LogP) is 5.05. The number of hydrogen-bond donors (Lipinski definition) is 1. The number of amides is 1. The number of aryl methyl sites for hydroxylation is 2. The van der Waals surface area contributed by atoms with Crippen molar-refractivity contribution in [3.63, 3.8) is 0 Å². The van der Waals surface area contributed by atoms with Crippen LogP contribution in [0.2, 0.25) is 10.0 Å². The van der Waals surface area contributed by atoms with Crippen molar-refractivity contribution in [2.45, 2.75) is 13.8 Å². The minimum atomic E-state index is -0.323. The summed E-state index contributed by atoms with van der Waals surface area (Å²) < 4.78 is 1.80. The van der Waals surface area contributed by atoms with Crippen molar-refractivity contribution in [1.29, 1.82) is 0 Å². The zero-order valence-electron chi connectivity index (χ0n) is 13.2. The van der Waals surface area contributed by atoms with Crippen molar-refractivity contribution in [2.75, 3.05) is 5.32 Å². The zero-order chi connectivity index (χ0) is 17.3. The van der Waals surface area contributed by atoms with Gasteiger partial charge in [0.2, 0.25) is 0 Å². The number of aromatic nitrogens is 2. The molecule has 0 fully saturated rings. The summed E-state index contributed by atoms with van der Waals surface area (Å²) in [5.74, 6) is -0.323. The van der Waals surface area contributed by atoms with Crippen molar-refractivity contribution in [3.05, 3.63) is 75.5 Å². The molecule has 0 radical (unpaired) electrons. The molecule has 1 N–H and O–H groups in total. The van der Waals surface area contributed by atoms with E-state index in [1.165, 1.54) is 0 Å². The van der Waals surface area contributed by atoms with E-state index >= 15 is 0 Å². The zero-order valence-corrected chi connectivity index (χ0v) is 14.7. The molecule has 3 aromatic rings. The lowest BCUT2D eigenvalue weighted by Gasteiger charge is -2.13. The van der Waals surface area contributed by atoms with E-state index in [1.807, 2.05) is 44.2 Å². The highest BCUT2D eigenvalue weighted by atomic mass is 35.5. The number of nitrogens with zero attached hydrogens (tertiary/aromatic N) is 2. The predicted molar refractivity (Wildman–Crippen MR) is 97.5 cm³/mol. The highest BCUT2D eigenvalue weighted by Crippen LogP contribution is 2.27. The van der Waals surface area contributed by atoms with Crippen LogP contribution in [0, 0.1) is 13.8 Å². The fraction of sp³-hybridized carbons (Fsp3) is 0.111. The molecule has 24 heavy (non-hydrogen) atoms. The van der Waals surface area contributed by atoms with Gasteiger partial charge in [0.15, 0.2) is 0 Å². The first kappa shape index (κ1) is 16.6.